The van der Waals surface area contributed by atoms with Gasteiger partial charge in [-0.2, -0.15) is 0 Å². The minimum Gasteiger partial charge on any atom is -0.368 e. The summed E-state index contributed by atoms with van der Waals surface area (Å²) in [6, 6.07) is 0. The maximum Gasteiger partial charge on any atom is 0.251 e. The Morgan fingerprint density at radius 1 is 1.29 bits per heavy atom. The topological polar surface area (TPSA) is 60.2 Å². The van der Waals surface area contributed by atoms with Gasteiger partial charge in [0.25, 0.3) is 5.91 Å². The molecular weight excluding hydrogens is 268 g/mol. The minimum atomic E-state index is -0.357. The van der Waals surface area contributed by atoms with E-state index in [0.29, 0.717) is 31.5 Å². The van der Waals surface area contributed by atoms with Gasteiger partial charge in [0.2, 0.25) is 0 Å². The summed E-state index contributed by atoms with van der Waals surface area (Å²) in [6.45, 7) is 8.82. The lowest BCUT2D eigenvalue weighted by Gasteiger charge is -2.30. The van der Waals surface area contributed by atoms with Crippen LogP contribution < -0.4 is 0 Å². The molecule has 1 aliphatic heterocycles. The van der Waals surface area contributed by atoms with Gasteiger partial charge in [0.05, 0.1) is 13.2 Å². The van der Waals surface area contributed by atoms with Crippen LogP contribution in [0.4, 0.5) is 0 Å². The Balaban J connectivity index is 1.61. The number of hydrogen-bond acceptors (Lipinski definition) is 4. The van der Waals surface area contributed by atoms with Gasteiger partial charge in [-0.15, -0.1) is 10.2 Å². The highest BCUT2D eigenvalue weighted by atomic mass is 16.5. The normalized spacial score (nSPS) is 19.7. The number of carbonyl (C=O) groups excluding carboxylic acids is 1. The molecule has 1 aliphatic carbocycles. The van der Waals surface area contributed by atoms with Crippen LogP contribution in [0.5, 0.6) is 0 Å². The van der Waals surface area contributed by atoms with Gasteiger partial charge in [-0.05, 0) is 25.7 Å². The second kappa shape index (κ2) is 5.75. The molecule has 1 fully saturated rings. The molecule has 1 saturated carbocycles. The van der Waals surface area contributed by atoms with E-state index in [9.17, 15) is 4.79 Å². The van der Waals surface area contributed by atoms with Gasteiger partial charge in [0, 0.05) is 19.0 Å². The van der Waals surface area contributed by atoms with Crippen molar-refractivity contribution in [3.05, 3.63) is 11.6 Å². The number of fused-ring (bicyclic) bond motifs is 1. The molecule has 1 atom stereocenters. The van der Waals surface area contributed by atoms with E-state index in [-0.39, 0.29) is 12.0 Å². The summed E-state index contributed by atoms with van der Waals surface area (Å²) in [5.74, 6) is 2.99. The Morgan fingerprint density at radius 3 is 2.71 bits per heavy atom. The first-order valence-corrected chi connectivity index (χ1v) is 7.88. The number of aromatic nitrogens is 3. The van der Waals surface area contributed by atoms with E-state index < -0.39 is 0 Å². The molecule has 0 bridgehead atoms. The molecule has 0 aromatic carbocycles. The van der Waals surface area contributed by atoms with Crippen molar-refractivity contribution in [1.82, 2.24) is 19.7 Å². The van der Waals surface area contributed by atoms with Crippen molar-refractivity contribution in [1.29, 1.82) is 0 Å². The quantitative estimate of drug-likeness (QED) is 0.826. The summed E-state index contributed by atoms with van der Waals surface area (Å²) in [5.41, 5.74) is 0. The van der Waals surface area contributed by atoms with Crippen LogP contribution in [0.2, 0.25) is 0 Å². The number of ether oxygens (including phenoxy) is 1. The maximum absolute atomic E-state index is 12.4. The van der Waals surface area contributed by atoms with Crippen molar-refractivity contribution in [2.45, 2.75) is 58.7 Å². The molecule has 0 N–H and O–H groups in total. The zero-order chi connectivity index (χ0) is 15.0. The first kappa shape index (κ1) is 14.5. The lowest BCUT2D eigenvalue weighted by Crippen LogP contribution is -2.44. The number of nitrogens with zero attached hydrogens (tertiary/aromatic N) is 4. The fourth-order valence-corrected chi connectivity index (χ4v) is 2.69. The van der Waals surface area contributed by atoms with Crippen LogP contribution >= 0.6 is 0 Å². The van der Waals surface area contributed by atoms with E-state index in [1.807, 2.05) is 11.8 Å². The molecule has 1 aromatic rings. The Bertz CT molecular complexity index is 522. The van der Waals surface area contributed by atoms with Crippen LogP contribution in [0.1, 0.15) is 51.2 Å². The fraction of sp³-hybridized carbons (Fsp3) is 0.800. The molecule has 3 rings (SSSR count). The van der Waals surface area contributed by atoms with Crippen LogP contribution in [-0.4, -0.2) is 44.8 Å². The van der Waals surface area contributed by atoms with Crippen molar-refractivity contribution in [2.24, 2.45) is 5.92 Å². The van der Waals surface area contributed by atoms with E-state index in [2.05, 4.69) is 28.6 Å². The lowest BCUT2D eigenvalue weighted by atomic mass is 10.2. The van der Waals surface area contributed by atoms with Crippen LogP contribution in [0.15, 0.2) is 0 Å². The average Bonchev–Trinajstić information content (AvgIpc) is 3.20. The Kier molecular flexibility index (Phi) is 3.97. The van der Waals surface area contributed by atoms with E-state index in [4.69, 9.17) is 4.74 Å². The first-order chi connectivity index (χ1) is 10.1. The van der Waals surface area contributed by atoms with Gasteiger partial charge in [-0.3, -0.25) is 4.79 Å². The molecular formula is C15H24N4O2. The van der Waals surface area contributed by atoms with Crippen LogP contribution in [0.25, 0.3) is 0 Å². The van der Waals surface area contributed by atoms with Gasteiger partial charge in [-0.1, -0.05) is 13.8 Å². The van der Waals surface area contributed by atoms with Crippen molar-refractivity contribution >= 4 is 5.91 Å². The monoisotopic (exact) mass is 292 g/mol. The van der Waals surface area contributed by atoms with Gasteiger partial charge >= 0.3 is 0 Å². The molecule has 6 heteroatoms. The fourth-order valence-electron chi connectivity index (χ4n) is 2.69. The smallest absolute Gasteiger partial charge is 0.251 e. The number of carbonyl (C=O) groups is 1. The highest BCUT2D eigenvalue weighted by Crippen LogP contribution is 2.29. The van der Waals surface area contributed by atoms with E-state index >= 15 is 0 Å². The summed E-state index contributed by atoms with van der Waals surface area (Å²) in [7, 11) is 0. The highest BCUT2D eigenvalue weighted by molar-refractivity contribution is 5.80. The molecule has 116 valence electrons. The second-order valence-electron chi connectivity index (χ2n) is 6.46. The van der Waals surface area contributed by atoms with Gasteiger partial charge in [0.1, 0.15) is 11.9 Å². The third kappa shape index (κ3) is 3.10. The molecule has 1 amide bonds. The summed E-state index contributed by atoms with van der Waals surface area (Å²) in [5, 5.41) is 8.48. The van der Waals surface area contributed by atoms with Crippen LogP contribution in [0.3, 0.4) is 0 Å². The number of hydrogen-bond donors (Lipinski definition) is 0. The van der Waals surface area contributed by atoms with Crippen LogP contribution in [-0.2, 0) is 22.6 Å². The maximum atomic E-state index is 12.4. The predicted molar refractivity (Wildman–Crippen MR) is 77.7 cm³/mol. The molecule has 0 unspecified atom stereocenters. The minimum absolute atomic E-state index is 0.0657. The molecule has 2 aliphatic rings. The summed E-state index contributed by atoms with van der Waals surface area (Å²) >= 11 is 0. The van der Waals surface area contributed by atoms with Crippen LogP contribution in [0, 0.1) is 5.92 Å². The second-order valence-corrected chi connectivity index (χ2v) is 6.46. The largest absolute Gasteiger partial charge is 0.368 e. The van der Waals surface area contributed by atoms with E-state index in [1.165, 1.54) is 12.8 Å². The third-order valence-corrected chi connectivity index (χ3v) is 4.24. The van der Waals surface area contributed by atoms with Gasteiger partial charge in [0.15, 0.2) is 5.82 Å². The number of amides is 1. The molecule has 0 saturated heterocycles. The molecule has 2 heterocycles. The third-order valence-electron chi connectivity index (χ3n) is 4.24. The Morgan fingerprint density at radius 2 is 2.05 bits per heavy atom. The zero-order valence-electron chi connectivity index (χ0n) is 13.1. The highest BCUT2D eigenvalue weighted by Gasteiger charge is 2.29. The van der Waals surface area contributed by atoms with Gasteiger partial charge < -0.3 is 14.2 Å². The molecule has 6 nitrogen and oxygen atoms in total. The van der Waals surface area contributed by atoms with Gasteiger partial charge in [-0.25, -0.2) is 0 Å². The van der Waals surface area contributed by atoms with Crippen molar-refractivity contribution in [3.63, 3.8) is 0 Å². The Hall–Kier alpha value is -1.43. The van der Waals surface area contributed by atoms with Crippen molar-refractivity contribution < 1.29 is 9.53 Å². The molecule has 1 aromatic heterocycles. The average molecular weight is 292 g/mol. The molecule has 0 radical (unpaired) electrons. The predicted octanol–water partition coefficient (Wildman–Crippen LogP) is 1.56. The summed E-state index contributed by atoms with van der Waals surface area (Å²) in [6.07, 6.45) is 2.13. The first-order valence-electron chi connectivity index (χ1n) is 7.88. The number of rotatable bonds is 5. The standard InChI is InChI=1S/C15H24N4O2/c1-10(2)14-17-16-13-8-18(6-7-19(13)14)15(20)11(3)21-9-12-4-5-12/h10-12H,4-9H2,1-3H3/t11-/m1/s1. The molecule has 0 spiro atoms. The summed E-state index contributed by atoms with van der Waals surface area (Å²) in [4.78, 5) is 14.3. The summed E-state index contributed by atoms with van der Waals surface area (Å²) < 4.78 is 7.82. The lowest BCUT2D eigenvalue weighted by molar-refractivity contribution is -0.144. The van der Waals surface area contributed by atoms with Crippen molar-refractivity contribution in [3.8, 4) is 0 Å². The van der Waals surface area contributed by atoms with Crippen molar-refractivity contribution in [2.75, 3.05) is 13.2 Å². The Labute approximate surface area is 125 Å². The zero-order valence-corrected chi connectivity index (χ0v) is 13.1. The molecule has 21 heavy (non-hydrogen) atoms. The van der Waals surface area contributed by atoms with E-state index in [0.717, 1.165) is 18.2 Å². The van der Waals surface area contributed by atoms with E-state index in [1.54, 1.807) is 0 Å². The SMILES string of the molecule is CC(C)c1nnc2n1CCN(C(=O)[C@@H](C)OCC1CC1)C2.